The normalized spacial score (nSPS) is 12.4. The molecule has 1 atom stereocenters. The molecule has 3 N–H and O–H groups in total. The van der Waals surface area contributed by atoms with E-state index in [1.54, 1.807) is 6.92 Å². The van der Waals surface area contributed by atoms with Crippen molar-refractivity contribution in [2.24, 2.45) is 11.8 Å². The maximum Gasteiger partial charge on any atom is 0.303 e. The van der Waals surface area contributed by atoms with Crippen molar-refractivity contribution in [1.29, 1.82) is 0 Å². The molecule has 0 bridgehead atoms. The third-order valence-electron chi connectivity index (χ3n) is 2.89. The Balaban J connectivity index is 2.53. The van der Waals surface area contributed by atoms with E-state index < -0.39 is 5.97 Å². The van der Waals surface area contributed by atoms with Gasteiger partial charge in [-0.05, 0) is 25.2 Å². The molecule has 0 aliphatic heterocycles. The molecule has 0 aliphatic rings. The van der Waals surface area contributed by atoms with Gasteiger partial charge in [-0.1, -0.05) is 13.8 Å². The second-order valence-electron chi connectivity index (χ2n) is 5.21. The van der Waals surface area contributed by atoms with Gasteiger partial charge in [-0.25, -0.2) is 0 Å². The van der Waals surface area contributed by atoms with Crippen LogP contribution in [0.1, 0.15) is 42.7 Å². The number of amides is 1. The molecule has 1 heterocycles. The van der Waals surface area contributed by atoms with E-state index in [9.17, 15) is 9.59 Å². The molecule has 1 amide bonds. The van der Waals surface area contributed by atoms with Gasteiger partial charge in [0.1, 0.15) is 0 Å². The average Bonchev–Trinajstić information content (AvgIpc) is 2.70. The highest BCUT2D eigenvalue weighted by atomic mass is 16.4. The summed E-state index contributed by atoms with van der Waals surface area (Å²) in [7, 11) is 0. The number of carbonyl (C=O) groups is 2. The zero-order valence-electron chi connectivity index (χ0n) is 11.6. The molecule has 0 saturated heterocycles. The smallest absolute Gasteiger partial charge is 0.303 e. The van der Waals surface area contributed by atoms with Gasteiger partial charge in [-0.2, -0.15) is 5.10 Å². The fourth-order valence-electron chi connectivity index (χ4n) is 2.06. The fraction of sp³-hybridized carbons (Fsp3) is 0.615. The van der Waals surface area contributed by atoms with E-state index in [1.165, 1.54) is 6.20 Å². The number of aryl methyl sites for hydroxylation is 1. The van der Waals surface area contributed by atoms with E-state index in [0.717, 1.165) is 6.42 Å². The maximum atomic E-state index is 11.9. The largest absolute Gasteiger partial charge is 0.481 e. The standard InChI is InChI=1S/C13H21N3O3/c1-8(2)4-10(5-12(17)18)6-14-13(19)11-7-15-16-9(11)3/h7-8,10H,4-6H2,1-3H3,(H,14,19)(H,15,16)(H,17,18). The highest BCUT2D eigenvalue weighted by Crippen LogP contribution is 2.15. The summed E-state index contributed by atoms with van der Waals surface area (Å²) in [6.45, 7) is 6.21. The molecule has 1 rings (SSSR count). The lowest BCUT2D eigenvalue weighted by Crippen LogP contribution is -2.31. The van der Waals surface area contributed by atoms with Crippen LogP contribution in [-0.4, -0.2) is 33.7 Å². The summed E-state index contributed by atoms with van der Waals surface area (Å²) in [4.78, 5) is 22.7. The van der Waals surface area contributed by atoms with Crippen molar-refractivity contribution in [2.45, 2.75) is 33.6 Å². The van der Waals surface area contributed by atoms with Gasteiger partial charge in [-0.3, -0.25) is 14.7 Å². The van der Waals surface area contributed by atoms with Crippen LogP contribution in [0.3, 0.4) is 0 Å². The lowest BCUT2D eigenvalue weighted by Gasteiger charge is -2.17. The predicted molar refractivity (Wildman–Crippen MR) is 70.9 cm³/mol. The number of carbonyl (C=O) groups excluding carboxylic acids is 1. The minimum absolute atomic E-state index is 0.0475. The number of hydrogen-bond acceptors (Lipinski definition) is 3. The van der Waals surface area contributed by atoms with Crippen molar-refractivity contribution in [2.75, 3.05) is 6.54 Å². The van der Waals surface area contributed by atoms with Crippen LogP contribution in [0.5, 0.6) is 0 Å². The molecular weight excluding hydrogens is 246 g/mol. The van der Waals surface area contributed by atoms with Crippen molar-refractivity contribution < 1.29 is 14.7 Å². The van der Waals surface area contributed by atoms with E-state index in [0.29, 0.717) is 23.7 Å². The number of H-pyrrole nitrogens is 1. The van der Waals surface area contributed by atoms with Crippen LogP contribution >= 0.6 is 0 Å². The van der Waals surface area contributed by atoms with E-state index >= 15 is 0 Å². The molecule has 19 heavy (non-hydrogen) atoms. The van der Waals surface area contributed by atoms with Gasteiger partial charge in [0, 0.05) is 18.7 Å². The average molecular weight is 267 g/mol. The Labute approximate surface area is 112 Å². The van der Waals surface area contributed by atoms with Gasteiger partial charge in [0.05, 0.1) is 11.8 Å². The molecule has 0 radical (unpaired) electrons. The summed E-state index contributed by atoms with van der Waals surface area (Å²) >= 11 is 0. The summed E-state index contributed by atoms with van der Waals surface area (Å²) in [6.07, 6.45) is 2.32. The van der Waals surface area contributed by atoms with E-state index in [4.69, 9.17) is 5.11 Å². The first-order chi connectivity index (χ1) is 8.90. The topological polar surface area (TPSA) is 95.1 Å². The first-order valence-electron chi connectivity index (χ1n) is 6.40. The second-order valence-corrected chi connectivity index (χ2v) is 5.21. The van der Waals surface area contributed by atoms with Crippen LogP contribution < -0.4 is 5.32 Å². The Morgan fingerprint density at radius 3 is 2.63 bits per heavy atom. The fourth-order valence-corrected chi connectivity index (χ4v) is 2.06. The first-order valence-corrected chi connectivity index (χ1v) is 6.40. The van der Waals surface area contributed by atoms with E-state index in [1.807, 2.05) is 13.8 Å². The number of aromatic nitrogens is 2. The van der Waals surface area contributed by atoms with Crippen molar-refractivity contribution in [3.63, 3.8) is 0 Å². The Kier molecular flexibility index (Phi) is 5.54. The molecule has 0 saturated carbocycles. The molecule has 1 aromatic rings. The first kappa shape index (κ1) is 15.2. The summed E-state index contributed by atoms with van der Waals surface area (Å²) in [5.41, 5.74) is 1.20. The summed E-state index contributed by atoms with van der Waals surface area (Å²) in [5.74, 6) is -0.699. The van der Waals surface area contributed by atoms with Crippen LogP contribution in [0.15, 0.2) is 6.20 Å². The summed E-state index contributed by atoms with van der Waals surface area (Å²) < 4.78 is 0. The molecule has 0 aliphatic carbocycles. The number of nitrogens with zero attached hydrogens (tertiary/aromatic N) is 1. The number of nitrogens with one attached hydrogen (secondary N) is 2. The number of hydrogen-bond donors (Lipinski definition) is 3. The van der Waals surface area contributed by atoms with Crippen LogP contribution in [0, 0.1) is 18.8 Å². The lowest BCUT2D eigenvalue weighted by molar-refractivity contribution is -0.138. The Morgan fingerprint density at radius 2 is 2.16 bits per heavy atom. The molecule has 6 heteroatoms. The molecule has 6 nitrogen and oxygen atoms in total. The number of carboxylic acid groups (broad SMARTS) is 1. The molecule has 0 spiro atoms. The van der Waals surface area contributed by atoms with E-state index in [-0.39, 0.29) is 18.2 Å². The van der Waals surface area contributed by atoms with Crippen molar-refractivity contribution in [1.82, 2.24) is 15.5 Å². The van der Waals surface area contributed by atoms with Gasteiger partial charge < -0.3 is 10.4 Å². The third-order valence-corrected chi connectivity index (χ3v) is 2.89. The van der Waals surface area contributed by atoms with Gasteiger partial charge in [0.2, 0.25) is 0 Å². The maximum absolute atomic E-state index is 11.9. The number of aliphatic carboxylic acids is 1. The van der Waals surface area contributed by atoms with Crippen molar-refractivity contribution in [3.05, 3.63) is 17.5 Å². The molecule has 0 aromatic carbocycles. The van der Waals surface area contributed by atoms with Crippen LogP contribution in [0.4, 0.5) is 0 Å². The quantitative estimate of drug-likeness (QED) is 0.699. The summed E-state index contributed by atoms with van der Waals surface area (Å²) in [6, 6.07) is 0. The van der Waals surface area contributed by atoms with Crippen molar-refractivity contribution in [3.8, 4) is 0 Å². The number of rotatable bonds is 7. The molecular formula is C13H21N3O3. The SMILES string of the molecule is Cc1[nH]ncc1C(=O)NCC(CC(=O)O)CC(C)C. The Morgan fingerprint density at radius 1 is 1.47 bits per heavy atom. The number of carboxylic acids is 1. The van der Waals surface area contributed by atoms with Crippen LogP contribution in [0.2, 0.25) is 0 Å². The lowest BCUT2D eigenvalue weighted by atomic mass is 9.94. The molecule has 1 unspecified atom stereocenters. The molecule has 0 fully saturated rings. The highest BCUT2D eigenvalue weighted by molar-refractivity contribution is 5.94. The van der Waals surface area contributed by atoms with Crippen LogP contribution in [-0.2, 0) is 4.79 Å². The molecule has 106 valence electrons. The van der Waals surface area contributed by atoms with Crippen molar-refractivity contribution >= 4 is 11.9 Å². The van der Waals surface area contributed by atoms with E-state index in [2.05, 4.69) is 15.5 Å². The predicted octanol–water partition coefficient (Wildman–Crippen LogP) is 1.58. The Hall–Kier alpha value is -1.85. The zero-order chi connectivity index (χ0) is 14.4. The monoisotopic (exact) mass is 267 g/mol. The van der Waals surface area contributed by atoms with Gasteiger partial charge >= 0.3 is 5.97 Å². The second kappa shape index (κ2) is 6.92. The summed E-state index contributed by atoms with van der Waals surface area (Å²) in [5, 5.41) is 18.1. The Bertz CT molecular complexity index is 440. The van der Waals surface area contributed by atoms with Gasteiger partial charge in [0.15, 0.2) is 0 Å². The third kappa shape index (κ3) is 5.11. The molecule has 1 aromatic heterocycles. The zero-order valence-corrected chi connectivity index (χ0v) is 11.6. The number of aromatic amines is 1. The van der Waals surface area contributed by atoms with Gasteiger partial charge in [0.25, 0.3) is 5.91 Å². The van der Waals surface area contributed by atoms with Crippen LogP contribution in [0.25, 0.3) is 0 Å². The highest BCUT2D eigenvalue weighted by Gasteiger charge is 2.17. The minimum Gasteiger partial charge on any atom is -0.481 e. The van der Waals surface area contributed by atoms with Gasteiger partial charge in [-0.15, -0.1) is 0 Å². The minimum atomic E-state index is -0.834.